The number of hydrogen-bond donors (Lipinski definition) is 2. The quantitative estimate of drug-likeness (QED) is 0.394. The minimum atomic E-state index is -1.15. The average molecular weight is 499 g/mol. The Bertz CT molecular complexity index is 1300. The molecule has 1 aromatic heterocycles. The maximum atomic E-state index is 12.4. The molecular formula is C24H19ClN2O6S. The van der Waals surface area contributed by atoms with Crippen LogP contribution in [0.4, 0.5) is 5.69 Å². The molecular weight excluding hydrogens is 480 g/mol. The summed E-state index contributed by atoms with van der Waals surface area (Å²) < 4.78 is 16.7. The number of amidine groups is 1. The van der Waals surface area contributed by atoms with E-state index in [0.29, 0.717) is 44.6 Å². The predicted octanol–water partition coefficient (Wildman–Crippen LogP) is 5.50. The fourth-order valence-corrected chi connectivity index (χ4v) is 4.04. The number of rotatable bonds is 8. The van der Waals surface area contributed by atoms with Crippen LogP contribution < -0.4 is 14.8 Å². The highest BCUT2D eigenvalue weighted by Gasteiger charge is 2.24. The van der Waals surface area contributed by atoms with Crippen molar-refractivity contribution in [2.75, 3.05) is 6.61 Å². The number of furan rings is 1. The smallest absolute Gasteiger partial charge is 0.371 e. The van der Waals surface area contributed by atoms with Crippen LogP contribution in [0.3, 0.4) is 0 Å². The number of aromatic carboxylic acids is 1. The van der Waals surface area contributed by atoms with Gasteiger partial charge in [0, 0.05) is 5.02 Å². The van der Waals surface area contributed by atoms with Gasteiger partial charge in [-0.15, -0.1) is 0 Å². The van der Waals surface area contributed by atoms with Crippen LogP contribution in [0.15, 0.2) is 68.9 Å². The van der Waals surface area contributed by atoms with Gasteiger partial charge in [-0.25, -0.2) is 9.79 Å². The van der Waals surface area contributed by atoms with Crippen LogP contribution >= 0.6 is 23.4 Å². The molecule has 1 amide bonds. The third kappa shape index (κ3) is 5.81. The van der Waals surface area contributed by atoms with Crippen molar-refractivity contribution in [1.29, 1.82) is 0 Å². The zero-order chi connectivity index (χ0) is 24.1. The van der Waals surface area contributed by atoms with E-state index in [1.54, 1.807) is 54.6 Å². The van der Waals surface area contributed by atoms with Crippen molar-refractivity contribution in [3.63, 3.8) is 0 Å². The Hall–Kier alpha value is -3.69. The zero-order valence-corrected chi connectivity index (χ0v) is 19.5. The number of thioether (sulfide) groups is 1. The summed E-state index contributed by atoms with van der Waals surface area (Å²) in [5, 5.41) is 12.7. The third-order valence-electron chi connectivity index (χ3n) is 4.50. The molecule has 0 saturated carbocycles. The van der Waals surface area contributed by atoms with E-state index < -0.39 is 5.97 Å². The van der Waals surface area contributed by atoms with Crippen LogP contribution in [-0.2, 0) is 11.4 Å². The van der Waals surface area contributed by atoms with Gasteiger partial charge in [-0.1, -0.05) is 23.7 Å². The highest BCUT2D eigenvalue weighted by atomic mass is 35.5. The number of aliphatic imine (C=N–C) groups is 1. The van der Waals surface area contributed by atoms with E-state index in [1.165, 1.54) is 17.8 Å². The SMILES string of the molecule is CCOc1cc(C=C2SC(=Nc3cccc(Cl)c3)NC2=O)ccc1OCc1ccc(C(=O)O)o1. The van der Waals surface area contributed by atoms with Crippen molar-refractivity contribution in [3.8, 4) is 11.5 Å². The molecule has 1 fully saturated rings. The fraction of sp³-hybridized carbons (Fsp3) is 0.125. The van der Waals surface area contributed by atoms with E-state index in [9.17, 15) is 9.59 Å². The van der Waals surface area contributed by atoms with Crippen LogP contribution in [0.2, 0.25) is 5.02 Å². The molecule has 1 aliphatic rings. The topological polar surface area (TPSA) is 110 Å². The van der Waals surface area contributed by atoms with Gasteiger partial charge in [0.15, 0.2) is 16.7 Å². The fourth-order valence-electron chi connectivity index (χ4n) is 3.02. The lowest BCUT2D eigenvalue weighted by atomic mass is 10.2. The van der Waals surface area contributed by atoms with Crippen molar-refractivity contribution in [1.82, 2.24) is 5.32 Å². The molecule has 0 aliphatic carbocycles. The maximum Gasteiger partial charge on any atom is 0.371 e. The lowest BCUT2D eigenvalue weighted by molar-refractivity contribution is -0.115. The molecule has 3 aromatic rings. The average Bonchev–Trinajstić information content (AvgIpc) is 3.40. The second-order valence-electron chi connectivity index (χ2n) is 6.96. The second kappa shape index (κ2) is 10.5. The summed E-state index contributed by atoms with van der Waals surface area (Å²) in [4.78, 5) is 28.3. The van der Waals surface area contributed by atoms with Crippen molar-refractivity contribution in [2.45, 2.75) is 13.5 Å². The molecule has 2 N–H and O–H groups in total. The van der Waals surface area contributed by atoms with Crippen molar-refractivity contribution in [3.05, 3.63) is 81.6 Å². The molecule has 8 nitrogen and oxygen atoms in total. The Morgan fingerprint density at radius 3 is 2.76 bits per heavy atom. The number of ether oxygens (including phenoxy) is 2. The van der Waals surface area contributed by atoms with E-state index >= 15 is 0 Å². The molecule has 0 unspecified atom stereocenters. The summed E-state index contributed by atoms with van der Waals surface area (Å²) in [7, 11) is 0. The van der Waals surface area contributed by atoms with Crippen molar-refractivity contribution >= 4 is 52.2 Å². The zero-order valence-electron chi connectivity index (χ0n) is 17.9. The number of nitrogens with zero attached hydrogens (tertiary/aromatic N) is 1. The molecule has 10 heteroatoms. The van der Waals surface area contributed by atoms with Gasteiger partial charge in [0.1, 0.15) is 12.4 Å². The lowest BCUT2D eigenvalue weighted by Crippen LogP contribution is -2.19. The molecule has 0 atom stereocenters. The Morgan fingerprint density at radius 2 is 2.03 bits per heavy atom. The number of carboxylic acid groups (broad SMARTS) is 1. The van der Waals surface area contributed by atoms with E-state index in [2.05, 4.69) is 10.3 Å². The number of carboxylic acids is 1. The van der Waals surface area contributed by atoms with E-state index in [1.807, 2.05) is 6.92 Å². The highest BCUT2D eigenvalue weighted by Crippen LogP contribution is 2.33. The summed E-state index contributed by atoms with van der Waals surface area (Å²) in [6.07, 6.45) is 1.73. The van der Waals surface area contributed by atoms with Gasteiger partial charge in [-0.3, -0.25) is 4.79 Å². The van der Waals surface area contributed by atoms with E-state index in [-0.39, 0.29) is 18.3 Å². The number of carbonyl (C=O) groups excluding carboxylic acids is 1. The molecule has 1 saturated heterocycles. The van der Waals surface area contributed by atoms with Gasteiger partial charge in [0.05, 0.1) is 17.2 Å². The van der Waals surface area contributed by atoms with E-state index in [4.69, 9.17) is 30.6 Å². The molecule has 1 aliphatic heterocycles. The molecule has 2 aromatic carbocycles. The largest absolute Gasteiger partial charge is 0.490 e. The number of carbonyl (C=O) groups is 2. The number of nitrogens with one attached hydrogen (secondary N) is 1. The highest BCUT2D eigenvalue weighted by molar-refractivity contribution is 8.18. The van der Waals surface area contributed by atoms with Gasteiger partial charge >= 0.3 is 5.97 Å². The van der Waals surface area contributed by atoms with Gasteiger partial charge in [0.2, 0.25) is 5.76 Å². The summed E-state index contributed by atoms with van der Waals surface area (Å²) in [5.41, 5.74) is 1.38. The number of amides is 1. The summed E-state index contributed by atoms with van der Waals surface area (Å²) in [5.74, 6) is -0.237. The standard InChI is InChI=1S/C24H19ClN2O6S/c1-2-31-20-10-14(6-8-18(20)32-13-17-7-9-19(33-17)23(29)30)11-21-22(28)27-24(34-21)26-16-5-3-4-15(25)12-16/h3-12H,2,13H2,1H3,(H,29,30)(H,26,27,28). The Morgan fingerprint density at radius 1 is 1.18 bits per heavy atom. The molecule has 34 heavy (non-hydrogen) atoms. The first kappa shape index (κ1) is 23.5. The van der Waals surface area contributed by atoms with Crippen LogP contribution in [0.5, 0.6) is 11.5 Å². The molecule has 0 radical (unpaired) electrons. The third-order valence-corrected chi connectivity index (χ3v) is 5.64. The van der Waals surface area contributed by atoms with Gasteiger partial charge in [-0.05, 0) is 72.8 Å². The first-order valence-corrected chi connectivity index (χ1v) is 11.4. The maximum absolute atomic E-state index is 12.4. The van der Waals surface area contributed by atoms with Gasteiger partial charge < -0.3 is 24.3 Å². The second-order valence-corrected chi connectivity index (χ2v) is 8.43. The Kier molecular flexibility index (Phi) is 7.24. The van der Waals surface area contributed by atoms with E-state index in [0.717, 1.165) is 5.56 Å². The predicted molar refractivity (Wildman–Crippen MR) is 130 cm³/mol. The normalized spacial score (nSPS) is 15.5. The minimum absolute atomic E-state index is 0.0371. The van der Waals surface area contributed by atoms with Gasteiger partial charge in [0.25, 0.3) is 5.91 Å². The number of benzene rings is 2. The van der Waals surface area contributed by atoms with Crippen molar-refractivity contribution in [2.24, 2.45) is 4.99 Å². The number of hydrogen-bond acceptors (Lipinski definition) is 7. The molecule has 174 valence electrons. The first-order chi connectivity index (χ1) is 16.4. The number of halogens is 1. The summed E-state index contributed by atoms with van der Waals surface area (Å²) >= 11 is 7.22. The summed E-state index contributed by atoms with van der Waals surface area (Å²) in [6.45, 7) is 2.29. The van der Waals surface area contributed by atoms with Crippen LogP contribution in [0.25, 0.3) is 6.08 Å². The summed E-state index contributed by atoms with van der Waals surface area (Å²) in [6, 6.07) is 15.2. The Labute approximate surface area is 204 Å². The van der Waals surface area contributed by atoms with Gasteiger partial charge in [-0.2, -0.15) is 0 Å². The molecule has 2 heterocycles. The van der Waals surface area contributed by atoms with Crippen LogP contribution in [0, 0.1) is 0 Å². The lowest BCUT2D eigenvalue weighted by Gasteiger charge is -2.12. The minimum Gasteiger partial charge on any atom is -0.490 e. The first-order valence-electron chi connectivity index (χ1n) is 10.2. The van der Waals surface area contributed by atoms with Crippen molar-refractivity contribution < 1.29 is 28.6 Å². The molecule has 4 rings (SSSR count). The van der Waals surface area contributed by atoms with Crippen LogP contribution in [0.1, 0.15) is 28.8 Å². The molecule has 0 spiro atoms. The Balaban J connectivity index is 1.49. The van der Waals surface area contributed by atoms with Crippen LogP contribution in [-0.4, -0.2) is 28.8 Å². The monoisotopic (exact) mass is 498 g/mol. The molecule has 0 bridgehead atoms.